The van der Waals surface area contributed by atoms with Gasteiger partial charge < -0.3 is 19.2 Å². The molecule has 1 aliphatic heterocycles. The van der Waals surface area contributed by atoms with Crippen LogP contribution in [-0.2, 0) is 18.7 Å². The van der Waals surface area contributed by atoms with Crippen molar-refractivity contribution in [1.82, 2.24) is 14.9 Å². The van der Waals surface area contributed by atoms with E-state index in [9.17, 15) is 27.6 Å². The molecule has 0 spiro atoms. The zero-order valence-electron chi connectivity index (χ0n) is 24.3. The van der Waals surface area contributed by atoms with Crippen LogP contribution in [0.3, 0.4) is 0 Å². The highest BCUT2D eigenvalue weighted by Crippen LogP contribution is 2.38. The lowest BCUT2D eigenvalue weighted by molar-refractivity contribution is -0.173. The molecule has 1 aliphatic rings. The fourth-order valence-corrected chi connectivity index (χ4v) is 5.32. The second-order valence-electron chi connectivity index (χ2n) is 12.4. The van der Waals surface area contributed by atoms with Crippen molar-refractivity contribution in [2.75, 3.05) is 24.8 Å². The van der Waals surface area contributed by atoms with Crippen LogP contribution in [0.5, 0.6) is 0 Å². The third-order valence-electron chi connectivity index (χ3n) is 6.59. The van der Waals surface area contributed by atoms with Crippen molar-refractivity contribution < 1.29 is 31.9 Å². The minimum atomic E-state index is -5.04. The summed E-state index contributed by atoms with van der Waals surface area (Å²) in [6, 6.07) is 0. The number of hydrogen-bond acceptors (Lipinski definition) is 7. The van der Waals surface area contributed by atoms with E-state index in [1.807, 2.05) is 0 Å². The van der Waals surface area contributed by atoms with E-state index in [4.69, 9.17) is 13.9 Å². The number of nitrogens with one attached hydrogen (secondary N) is 2. The number of carbonyl (C=O) groups is 1. The number of hydrogen-bond donors (Lipinski definition) is 2. The Hall–Kier alpha value is -2.05. The monoisotopic (exact) mass is 607 g/mol. The summed E-state index contributed by atoms with van der Waals surface area (Å²) in [7, 11) is -2.11. The standard InChI is InChI=1S/C26H40F3N3O6SSi/c1-24(2,3)15-39-16-36-18-12-20(38-19(18)14-37-40(7,8)25(4,5)6)32-13-17(21(33)31-23(32)35)10-9-11-30-22(34)26(27,28)29/h13,18-20H,11-12,14-16H2,1-8H3,(H,30,34)(H,31,33,35)/t18?,19-,20-/m1/s1. The normalized spacial score (nSPS) is 20.2. The molecule has 2 heterocycles. The number of aromatic nitrogens is 2. The number of ether oxygens (including phenoxy) is 2. The molecule has 1 amide bonds. The molecule has 0 saturated carbocycles. The first-order valence-corrected chi connectivity index (χ1v) is 17.0. The fraction of sp³-hybridized carbons (Fsp3) is 0.731. The number of nitrogens with zero attached hydrogens (tertiary/aromatic N) is 1. The van der Waals surface area contributed by atoms with Crippen molar-refractivity contribution in [3.8, 4) is 11.8 Å². The Balaban J connectivity index is 2.22. The van der Waals surface area contributed by atoms with Crippen molar-refractivity contribution in [2.24, 2.45) is 5.41 Å². The van der Waals surface area contributed by atoms with Crippen LogP contribution in [0.25, 0.3) is 0 Å². The highest BCUT2D eigenvalue weighted by atomic mass is 32.2. The van der Waals surface area contributed by atoms with Crippen LogP contribution >= 0.6 is 11.8 Å². The van der Waals surface area contributed by atoms with Crippen molar-refractivity contribution in [3.63, 3.8) is 0 Å². The highest BCUT2D eigenvalue weighted by molar-refractivity contribution is 7.99. The molecule has 1 aromatic heterocycles. The van der Waals surface area contributed by atoms with Gasteiger partial charge in [-0.25, -0.2) is 4.79 Å². The number of aromatic amines is 1. The Morgan fingerprint density at radius 1 is 1.23 bits per heavy atom. The quantitative estimate of drug-likeness (QED) is 0.189. The number of halogens is 3. The van der Waals surface area contributed by atoms with Gasteiger partial charge in [0.1, 0.15) is 17.9 Å². The van der Waals surface area contributed by atoms with E-state index >= 15 is 0 Å². The first-order chi connectivity index (χ1) is 18.2. The summed E-state index contributed by atoms with van der Waals surface area (Å²) >= 11 is 1.65. The van der Waals surface area contributed by atoms with Gasteiger partial charge in [-0.2, -0.15) is 13.2 Å². The number of carbonyl (C=O) groups excluding carboxylic acids is 1. The summed E-state index contributed by atoms with van der Waals surface area (Å²) in [5.41, 5.74) is -1.57. The number of amides is 1. The van der Waals surface area contributed by atoms with Crippen LogP contribution in [0, 0.1) is 17.3 Å². The van der Waals surface area contributed by atoms with Gasteiger partial charge in [0.2, 0.25) is 0 Å². The van der Waals surface area contributed by atoms with Gasteiger partial charge in [-0.3, -0.25) is 19.1 Å². The molecular weight excluding hydrogens is 567 g/mol. The molecular formula is C26H40F3N3O6SSi. The van der Waals surface area contributed by atoms with E-state index in [0.29, 0.717) is 12.4 Å². The Kier molecular flexibility index (Phi) is 11.3. The van der Waals surface area contributed by atoms with Crippen molar-refractivity contribution in [1.29, 1.82) is 0 Å². The minimum absolute atomic E-state index is 0.0209. The lowest BCUT2D eigenvalue weighted by Crippen LogP contribution is -2.44. The lowest BCUT2D eigenvalue weighted by Gasteiger charge is -2.37. The van der Waals surface area contributed by atoms with E-state index in [1.165, 1.54) is 10.8 Å². The third-order valence-corrected chi connectivity index (χ3v) is 12.5. The van der Waals surface area contributed by atoms with Crippen LogP contribution in [0.15, 0.2) is 15.8 Å². The van der Waals surface area contributed by atoms with Crippen LogP contribution in [0.1, 0.15) is 59.8 Å². The molecule has 0 aliphatic carbocycles. The summed E-state index contributed by atoms with van der Waals surface area (Å²) in [5.74, 6) is 3.88. The average molecular weight is 608 g/mol. The first kappa shape index (κ1) is 34.1. The van der Waals surface area contributed by atoms with E-state index in [-0.39, 0.29) is 28.7 Å². The molecule has 40 heavy (non-hydrogen) atoms. The van der Waals surface area contributed by atoms with E-state index in [1.54, 1.807) is 17.1 Å². The molecule has 0 radical (unpaired) electrons. The largest absolute Gasteiger partial charge is 0.471 e. The Bertz CT molecular complexity index is 1210. The van der Waals surface area contributed by atoms with Gasteiger partial charge in [0.05, 0.1) is 25.2 Å². The molecule has 3 atom stereocenters. The molecule has 2 rings (SSSR count). The van der Waals surface area contributed by atoms with Crippen molar-refractivity contribution >= 4 is 26.0 Å². The lowest BCUT2D eigenvalue weighted by atomic mass is 10.0. The van der Waals surface area contributed by atoms with Crippen molar-refractivity contribution in [3.05, 3.63) is 32.6 Å². The van der Waals surface area contributed by atoms with Gasteiger partial charge in [-0.1, -0.05) is 53.4 Å². The van der Waals surface area contributed by atoms with E-state index in [2.05, 4.69) is 71.5 Å². The molecule has 226 valence electrons. The van der Waals surface area contributed by atoms with Crippen LogP contribution in [0.4, 0.5) is 13.2 Å². The molecule has 0 bridgehead atoms. The molecule has 1 aromatic rings. The summed E-state index contributed by atoms with van der Waals surface area (Å²) in [5, 5.41) is 1.58. The molecule has 2 N–H and O–H groups in total. The SMILES string of the molecule is CC(C)(C)CSCOC1C[C@H](n2cc(C#CCNC(=O)C(F)(F)F)c(=O)[nH]c2=O)O[C@@H]1CO[Si](C)(C)C(C)(C)C. The summed E-state index contributed by atoms with van der Waals surface area (Å²) in [6.07, 6.45) is -5.18. The zero-order chi connectivity index (χ0) is 30.5. The predicted molar refractivity (Wildman–Crippen MR) is 151 cm³/mol. The summed E-state index contributed by atoms with van der Waals surface area (Å²) in [4.78, 5) is 38.0. The maximum absolute atomic E-state index is 12.7. The Morgan fingerprint density at radius 2 is 1.88 bits per heavy atom. The smallest absolute Gasteiger partial charge is 0.414 e. The van der Waals surface area contributed by atoms with Gasteiger partial charge in [0, 0.05) is 18.4 Å². The minimum Gasteiger partial charge on any atom is -0.414 e. The van der Waals surface area contributed by atoms with Crippen LogP contribution in [0.2, 0.25) is 18.1 Å². The number of rotatable bonds is 9. The number of H-pyrrole nitrogens is 1. The van der Waals surface area contributed by atoms with Crippen LogP contribution < -0.4 is 16.6 Å². The molecule has 1 unspecified atom stereocenters. The second-order valence-corrected chi connectivity index (χ2v) is 18.1. The Morgan fingerprint density at radius 3 is 2.45 bits per heavy atom. The number of thioether (sulfide) groups is 1. The fourth-order valence-electron chi connectivity index (χ4n) is 3.34. The van der Waals surface area contributed by atoms with Crippen LogP contribution in [-0.4, -0.2) is 67.0 Å². The molecule has 14 heteroatoms. The van der Waals surface area contributed by atoms with Gasteiger partial charge >= 0.3 is 17.8 Å². The first-order valence-electron chi connectivity index (χ1n) is 12.9. The Labute approximate surface area is 238 Å². The molecule has 9 nitrogen and oxygen atoms in total. The van der Waals surface area contributed by atoms with Gasteiger partial charge in [0.25, 0.3) is 5.56 Å². The van der Waals surface area contributed by atoms with Crippen molar-refractivity contribution in [2.45, 2.75) is 90.7 Å². The summed E-state index contributed by atoms with van der Waals surface area (Å²) in [6.45, 7) is 16.7. The van der Waals surface area contributed by atoms with E-state index in [0.717, 1.165) is 5.75 Å². The maximum Gasteiger partial charge on any atom is 0.471 e. The van der Waals surface area contributed by atoms with Gasteiger partial charge in [0.15, 0.2) is 8.32 Å². The highest BCUT2D eigenvalue weighted by Gasteiger charge is 2.42. The molecule has 1 fully saturated rings. The molecule has 0 aromatic carbocycles. The second kappa shape index (κ2) is 13.3. The van der Waals surface area contributed by atoms with Gasteiger partial charge in [-0.05, 0) is 23.5 Å². The van der Waals surface area contributed by atoms with Gasteiger partial charge in [-0.15, -0.1) is 11.8 Å². The maximum atomic E-state index is 12.7. The molecule has 1 saturated heterocycles. The predicted octanol–water partition coefficient (Wildman–Crippen LogP) is 4.00. The van der Waals surface area contributed by atoms with E-state index < -0.39 is 50.5 Å². The topological polar surface area (TPSA) is 112 Å². The zero-order valence-corrected chi connectivity index (χ0v) is 26.1. The number of alkyl halides is 3. The third kappa shape index (κ3) is 10.1. The summed E-state index contributed by atoms with van der Waals surface area (Å²) < 4.78 is 57.0. The average Bonchev–Trinajstić information content (AvgIpc) is 3.20.